The Labute approximate surface area is 169 Å². The van der Waals surface area contributed by atoms with Gasteiger partial charge in [0.15, 0.2) is 11.5 Å². The van der Waals surface area contributed by atoms with Gasteiger partial charge in [-0.15, -0.1) is 11.3 Å². The van der Waals surface area contributed by atoms with Gasteiger partial charge in [0, 0.05) is 18.0 Å². The standard InChI is InChI=1S/C22H24N2O3S/c1-15(18-5-8-21-22(11-18)26-10-9-25-21)23-12-17-3-6-20(7-4-17)27-13-19-14-28-16(2)24-19/h3-8,11,14-15,23H,9-10,12-13H2,1-2H3. The maximum Gasteiger partial charge on any atom is 0.161 e. The zero-order valence-electron chi connectivity index (χ0n) is 16.1. The third-order valence-corrected chi connectivity index (χ3v) is 5.48. The summed E-state index contributed by atoms with van der Waals surface area (Å²) in [6.07, 6.45) is 0. The van der Waals surface area contributed by atoms with E-state index in [0.717, 1.165) is 34.5 Å². The molecule has 1 unspecified atom stereocenters. The van der Waals surface area contributed by atoms with Crippen molar-refractivity contribution in [3.05, 3.63) is 69.7 Å². The molecule has 0 saturated carbocycles. The summed E-state index contributed by atoms with van der Waals surface area (Å²) in [5.74, 6) is 2.51. The monoisotopic (exact) mass is 396 g/mol. The molecule has 28 heavy (non-hydrogen) atoms. The Hall–Kier alpha value is -2.57. The number of ether oxygens (including phenoxy) is 3. The molecule has 0 amide bonds. The van der Waals surface area contributed by atoms with Crippen LogP contribution in [0.15, 0.2) is 47.8 Å². The highest BCUT2D eigenvalue weighted by Gasteiger charge is 2.14. The lowest BCUT2D eigenvalue weighted by atomic mass is 10.1. The van der Waals surface area contributed by atoms with E-state index >= 15 is 0 Å². The second-order valence-corrected chi connectivity index (χ2v) is 7.86. The van der Waals surface area contributed by atoms with Crippen LogP contribution >= 0.6 is 11.3 Å². The molecular formula is C22H24N2O3S. The van der Waals surface area contributed by atoms with E-state index in [0.29, 0.717) is 19.8 Å². The lowest BCUT2D eigenvalue weighted by molar-refractivity contribution is 0.171. The van der Waals surface area contributed by atoms with Gasteiger partial charge in [-0.2, -0.15) is 0 Å². The average Bonchev–Trinajstić information content (AvgIpc) is 3.16. The minimum atomic E-state index is 0.208. The van der Waals surface area contributed by atoms with Crippen LogP contribution in [0.25, 0.3) is 0 Å². The average molecular weight is 397 g/mol. The summed E-state index contributed by atoms with van der Waals surface area (Å²) < 4.78 is 17.1. The lowest BCUT2D eigenvalue weighted by Crippen LogP contribution is -2.19. The predicted octanol–water partition coefficient (Wildman–Crippen LogP) is 4.65. The van der Waals surface area contributed by atoms with Crippen molar-refractivity contribution in [2.24, 2.45) is 0 Å². The van der Waals surface area contributed by atoms with Crippen LogP contribution < -0.4 is 19.5 Å². The highest BCUT2D eigenvalue weighted by Crippen LogP contribution is 2.32. The molecule has 146 valence electrons. The van der Waals surface area contributed by atoms with Crippen molar-refractivity contribution in [1.82, 2.24) is 10.3 Å². The van der Waals surface area contributed by atoms with Gasteiger partial charge in [0.2, 0.25) is 0 Å². The Morgan fingerprint density at radius 2 is 1.89 bits per heavy atom. The molecule has 6 heteroatoms. The summed E-state index contributed by atoms with van der Waals surface area (Å²) in [4.78, 5) is 4.41. The van der Waals surface area contributed by atoms with Gasteiger partial charge >= 0.3 is 0 Å². The zero-order chi connectivity index (χ0) is 19.3. The molecule has 0 bridgehead atoms. The minimum absolute atomic E-state index is 0.208. The number of hydrogen-bond donors (Lipinski definition) is 1. The summed E-state index contributed by atoms with van der Waals surface area (Å²) >= 11 is 1.64. The summed E-state index contributed by atoms with van der Waals surface area (Å²) in [5.41, 5.74) is 3.37. The Bertz CT molecular complexity index is 924. The zero-order valence-corrected chi connectivity index (χ0v) is 16.9. The van der Waals surface area contributed by atoms with Crippen LogP contribution in [0.3, 0.4) is 0 Å². The van der Waals surface area contributed by atoms with E-state index < -0.39 is 0 Å². The molecule has 1 N–H and O–H groups in total. The fourth-order valence-corrected chi connectivity index (χ4v) is 3.65. The molecule has 0 aliphatic carbocycles. The van der Waals surface area contributed by atoms with Crippen molar-refractivity contribution in [3.8, 4) is 17.2 Å². The van der Waals surface area contributed by atoms with Crippen LogP contribution in [0.1, 0.15) is 34.8 Å². The van der Waals surface area contributed by atoms with Crippen LogP contribution in [-0.4, -0.2) is 18.2 Å². The molecule has 4 rings (SSSR count). The molecule has 0 fully saturated rings. The van der Waals surface area contributed by atoms with Gasteiger partial charge in [0.05, 0.1) is 10.7 Å². The molecule has 5 nitrogen and oxygen atoms in total. The van der Waals surface area contributed by atoms with Gasteiger partial charge in [0.25, 0.3) is 0 Å². The normalized spacial score (nSPS) is 13.9. The van der Waals surface area contributed by atoms with Gasteiger partial charge in [-0.25, -0.2) is 4.98 Å². The topological polar surface area (TPSA) is 52.6 Å². The summed E-state index contributed by atoms with van der Waals surface area (Å²) in [6.45, 7) is 6.66. The Morgan fingerprint density at radius 1 is 1.11 bits per heavy atom. The van der Waals surface area contributed by atoms with Crippen LogP contribution in [0.5, 0.6) is 17.2 Å². The highest BCUT2D eigenvalue weighted by molar-refractivity contribution is 7.09. The highest BCUT2D eigenvalue weighted by atomic mass is 32.1. The fourth-order valence-electron chi connectivity index (χ4n) is 3.05. The Morgan fingerprint density at radius 3 is 2.64 bits per heavy atom. The molecule has 0 saturated heterocycles. The maximum absolute atomic E-state index is 5.81. The van der Waals surface area contributed by atoms with E-state index in [1.165, 1.54) is 11.1 Å². The smallest absolute Gasteiger partial charge is 0.161 e. The number of aromatic nitrogens is 1. The van der Waals surface area contributed by atoms with Crippen molar-refractivity contribution in [2.45, 2.75) is 33.0 Å². The van der Waals surface area contributed by atoms with Crippen LogP contribution in [-0.2, 0) is 13.2 Å². The van der Waals surface area contributed by atoms with Crippen molar-refractivity contribution in [3.63, 3.8) is 0 Å². The molecule has 2 aromatic carbocycles. The molecule has 1 aliphatic rings. The second-order valence-electron chi connectivity index (χ2n) is 6.80. The van der Waals surface area contributed by atoms with Crippen LogP contribution in [0, 0.1) is 6.92 Å². The Balaban J connectivity index is 1.29. The van der Waals surface area contributed by atoms with E-state index in [1.54, 1.807) is 11.3 Å². The van der Waals surface area contributed by atoms with Crippen LogP contribution in [0.2, 0.25) is 0 Å². The number of aryl methyl sites for hydroxylation is 1. The van der Waals surface area contributed by atoms with Gasteiger partial charge in [-0.1, -0.05) is 18.2 Å². The van der Waals surface area contributed by atoms with E-state index in [1.807, 2.05) is 30.5 Å². The first-order valence-corrected chi connectivity index (χ1v) is 10.3. The van der Waals surface area contributed by atoms with E-state index in [4.69, 9.17) is 14.2 Å². The number of hydrogen-bond acceptors (Lipinski definition) is 6. The molecule has 0 spiro atoms. The first kappa shape index (κ1) is 18.8. The number of benzene rings is 2. The predicted molar refractivity (Wildman–Crippen MR) is 110 cm³/mol. The Kier molecular flexibility index (Phi) is 5.78. The molecule has 1 atom stereocenters. The summed E-state index contributed by atoms with van der Waals surface area (Å²) in [5, 5.41) is 6.65. The van der Waals surface area contributed by atoms with Crippen LogP contribution in [0.4, 0.5) is 0 Å². The van der Waals surface area contributed by atoms with E-state index in [9.17, 15) is 0 Å². The summed E-state index contributed by atoms with van der Waals surface area (Å²) in [6, 6.07) is 14.5. The van der Waals surface area contributed by atoms with Crippen molar-refractivity contribution < 1.29 is 14.2 Å². The quantitative estimate of drug-likeness (QED) is 0.630. The number of fused-ring (bicyclic) bond motifs is 1. The summed E-state index contributed by atoms with van der Waals surface area (Å²) in [7, 11) is 0. The van der Waals surface area contributed by atoms with Gasteiger partial charge in [-0.05, 0) is 49.2 Å². The third-order valence-electron chi connectivity index (χ3n) is 4.66. The molecule has 1 aromatic heterocycles. The van der Waals surface area contributed by atoms with Crippen molar-refractivity contribution >= 4 is 11.3 Å². The first-order chi connectivity index (χ1) is 13.7. The lowest BCUT2D eigenvalue weighted by Gasteiger charge is -2.21. The number of nitrogens with one attached hydrogen (secondary N) is 1. The SMILES string of the molecule is Cc1nc(COc2ccc(CNC(C)c3ccc4c(c3)OCCO4)cc2)cs1. The van der Waals surface area contributed by atoms with Crippen molar-refractivity contribution in [2.75, 3.05) is 13.2 Å². The fraction of sp³-hybridized carbons (Fsp3) is 0.318. The third kappa shape index (κ3) is 4.64. The largest absolute Gasteiger partial charge is 0.487 e. The number of nitrogens with zero attached hydrogens (tertiary/aromatic N) is 1. The van der Waals surface area contributed by atoms with E-state index in [2.05, 4.69) is 41.5 Å². The van der Waals surface area contributed by atoms with Gasteiger partial charge in [-0.3, -0.25) is 0 Å². The van der Waals surface area contributed by atoms with E-state index in [-0.39, 0.29) is 6.04 Å². The van der Waals surface area contributed by atoms with Crippen molar-refractivity contribution in [1.29, 1.82) is 0 Å². The maximum atomic E-state index is 5.81. The molecule has 3 aromatic rings. The molecule has 2 heterocycles. The molecule has 0 radical (unpaired) electrons. The number of rotatable bonds is 7. The molecule has 1 aliphatic heterocycles. The first-order valence-electron chi connectivity index (χ1n) is 9.43. The van der Waals surface area contributed by atoms with Gasteiger partial charge in [0.1, 0.15) is 25.6 Å². The minimum Gasteiger partial charge on any atom is -0.487 e. The second kappa shape index (κ2) is 8.63. The number of thiazole rings is 1. The van der Waals surface area contributed by atoms with Gasteiger partial charge < -0.3 is 19.5 Å². The molecular weight excluding hydrogens is 372 g/mol.